The van der Waals surface area contributed by atoms with E-state index in [1.807, 2.05) is 19.9 Å². The van der Waals surface area contributed by atoms with E-state index in [9.17, 15) is 14.7 Å². The average Bonchev–Trinajstić information content (AvgIpc) is 2.79. The van der Waals surface area contributed by atoms with Crippen LogP contribution in [0.15, 0.2) is 41.3 Å². The molecular formula is C24H28N4O4. The number of anilines is 2. The topological polar surface area (TPSA) is 96.2 Å². The fourth-order valence-corrected chi connectivity index (χ4v) is 4.31. The lowest BCUT2D eigenvalue weighted by molar-refractivity contribution is 0.0694. The number of nitrogens with one attached hydrogen (secondary N) is 1. The minimum Gasteiger partial charge on any atom is -0.496 e. The first kappa shape index (κ1) is 21.7. The first-order chi connectivity index (χ1) is 15.4. The Morgan fingerprint density at radius 2 is 1.97 bits per heavy atom. The predicted octanol–water partition coefficient (Wildman–Crippen LogP) is 3.87. The first-order valence-corrected chi connectivity index (χ1v) is 10.8. The van der Waals surface area contributed by atoms with Gasteiger partial charge in [-0.3, -0.25) is 9.20 Å². The molecular weight excluding hydrogens is 408 g/mol. The predicted molar refractivity (Wildman–Crippen MR) is 124 cm³/mol. The molecule has 1 fully saturated rings. The maximum atomic E-state index is 12.9. The van der Waals surface area contributed by atoms with Crippen LogP contribution < -0.4 is 20.5 Å². The van der Waals surface area contributed by atoms with Crippen molar-refractivity contribution >= 4 is 23.1 Å². The molecule has 2 N–H and O–H groups in total. The molecule has 0 aliphatic carbocycles. The smallest absolute Gasteiger partial charge is 0.341 e. The van der Waals surface area contributed by atoms with Gasteiger partial charge in [-0.2, -0.15) is 0 Å². The summed E-state index contributed by atoms with van der Waals surface area (Å²) in [6.45, 7) is 5.64. The van der Waals surface area contributed by atoms with Crippen LogP contribution >= 0.6 is 0 Å². The fraction of sp³-hybridized carbons (Fsp3) is 0.375. The standard InChI is InChI=1S/C24H28N4O4/c1-15-12-17(16(2)25-18-8-7-9-19(32-3)22(18)24(30)31)23-26-20(13-21(29)28(23)14-15)27-10-5-4-6-11-27/h7-9,12-14,16,25H,4-6,10-11H2,1-3H3,(H,30,31). The van der Waals surface area contributed by atoms with E-state index in [2.05, 4.69) is 10.2 Å². The van der Waals surface area contributed by atoms with Crippen LogP contribution in [0.4, 0.5) is 11.5 Å². The summed E-state index contributed by atoms with van der Waals surface area (Å²) in [5, 5.41) is 13.0. The average molecular weight is 437 g/mol. The highest BCUT2D eigenvalue weighted by Gasteiger charge is 2.21. The van der Waals surface area contributed by atoms with Crippen LogP contribution in [0.3, 0.4) is 0 Å². The second kappa shape index (κ2) is 8.90. The van der Waals surface area contributed by atoms with Crippen molar-refractivity contribution in [1.82, 2.24) is 9.38 Å². The molecule has 8 heteroatoms. The highest BCUT2D eigenvalue weighted by atomic mass is 16.5. The summed E-state index contributed by atoms with van der Waals surface area (Å²) in [7, 11) is 1.45. The fourth-order valence-electron chi connectivity index (χ4n) is 4.31. The van der Waals surface area contributed by atoms with Gasteiger partial charge in [0.1, 0.15) is 22.8 Å². The molecule has 0 amide bonds. The molecule has 0 saturated carbocycles. The van der Waals surface area contributed by atoms with Crippen LogP contribution in [0.5, 0.6) is 5.75 Å². The van der Waals surface area contributed by atoms with Crippen LogP contribution in [0.1, 0.15) is 53.7 Å². The highest BCUT2D eigenvalue weighted by molar-refractivity contribution is 5.97. The number of pyridine rings is 1. The van der Waals surface area contributed by atoms with Gasteiger partial charge < -0.3 is 20.1 Å². The lowest BCUT2D eigenvalue weighted by Crippen LogP contribution is -2.32. The van der Waals surface area contributed by atoms with Gasteiger partial charge in [-0.25, -0.2) is 9.78 Å². The van der Waals surface area contributed by atoms with Crippen molar-refractivity contribution in [2.45, 2.75) is 39.2 Å². The molecule has 1 atom stereocenters. The number of aromatic carboxylic acids is 1. The number of rotatable bonds is 6. The molecule has 3 aromatic rings. The normalized spacial score (nSPS) is 14.9. The van der Waals surface area contributed by atoms with Crippen LogP contribution in [0.2, 0.25) is 0 Å². The van der Waals surface area contributed by atoms with Gasteiger partial charge in [0.25, 0.3) is 5.56 Å². The van der Waals surface area contributed by atoms with E-state index in [-0.39, 0.29) is 22.9 Å². The Morgan fingerprint density at radius 1 is 1.22 bits per heavy atom. The lowest BCUT2D eigenvalue weighted by Gasteiger charge is -2.28. The third kappa shape index (κ3) is 4.12. The number of ether oxygens (including phenoxy) is 1. The summed E-state index contributed by atoms with van der Waals surface area (Å²) in [5.74, 6) is -0.0990. The summed E-state index contributed by atoms with van der Waals surface area (Å²) in [5.41, 5.74) is 2.69. The molecule has 0 bridgehead atoms. The van der Waals surface area contributed by atoms with E-state index in [0.717, 1.165) is 37.1 Å². The maximum absolute atomic E-state index is 12.9. The molecule has 1 unspecified atom stereocenters. The molecule has 3 heterocycles. The van der Waals surface area contributed by atoms with Crippen molar-refractivity contribution in [3.05, 3.63) is 63.6 Å². The lowest BCUT2D eigenvalue weighted by atomic mass is 10.1. The second-order valence-corrected chi connectivity index (χ2v) is 8.22. The number of aryl methyl sites for hydroxylation is 1. The van der Waals surface area contributed by atoms with E-state index < -0.39 is 5.97 Å². The summed E-state index contributed by atoms with van der Waals surface area (Å²) >= 11 is 0. The van der Waals surface area contributed by atoms with Gasteiger partial charge in [-0.1, -0.05) is 6.07 Å². The molecule has 1 saturated heterocycles. The third-order valence-electron chi connectivity index (χ3n) is 5.89. The monoisotopic (exact) mass is 436 g/mol. The first-order valence-electron chi connectivity index (χ1n) is 10.8. The largest absolute Gasteiger partial charge is 0.496 e. The van der Waals surface area contributed by atoms with Crippen LogP contribution in [-0.4, -0.2) is 40.7 Å². The van der Waals surface area contributed by atoms with E-state index in [4.69, 9.17) is 9.72 Å². The number of carbonyl (C=O) groups is 1. The number of nitrogens with zero attached hydrogens (tertiary/aromatic N) is 3. The Hall–Kier alpha value is -3.55. The number of aromatic nitrogens is 2. The molecule has 0 spiro atoms. The molecule has 32 heavy (non-hydrogen) atoms. The number of fused-ring (bicyclic) bond motifs is 1. The van der Waals surface area contributed by atoms with Gasteiger partial charge >= 0.3 is 5.97 Å². The van der Waals surface area contributed by atoms with E-state index in [1.165, 1.54) is 13.5 Å². The molecule has 8 nitrogen and oxygen atoms in total. The zero-order valence-corrected chi connectivity index (χ0v) is 18.6. The summed E-state index contributed by atoms with van der Waals surface area (Å²) in [6.07, 6.45) is 5.16. The van der Waals surface area contributed by atoms with Crippen molar-refractivity contribution in [1.29, 1.82) is 0 Å². The Kier molecular flexibility index (Phi) is 6.03. The van der Waals surface area contributed by atoms with Gasteiger partial charge in [-0.05, 0) is 56.9 Å². The van der Waals surface area contributed by atoms with E-state index in [0.29, 0.717) is 17.2 Å². The van der Waals surface area contributed by atoms with Crippen molar-refractivity contribution in [2.24, 2.45) is 0 Å². The molecule has 1 aliphatic heterocycles. The number of hydrogen-bond acceptors (Lipinski definition) is 6. The number of carboxylic acids is 1. The Labute approximate surface area is 186 Å². The second-order valence-electron chi connectivity index (χ2n) is 8.22. The van der Waals surface area contributed by atoms with Crippen LogP contribution in [0.25, 0.3) is 5.65 Å². The van der Waals surface area contributed by atoms with Crippen LogP contribution in [0, 0.1) is 6.92 Å². The van der Waals surface area contributed by atoms with Crippen molar-refractivity contribution < 1.29 is 14.6 Å². The van der Waals surface area contributed by atoms with Gasteiger partial charge in [0.2, 0.25) is 0 Å². The molecule has 168 valence electrons. The SMILES string of the molecule is COc1cccc(NC(C)c2cc(C)cn3c(=O)cc(N4CCCCC4)nc23)c1C(=O)O. The van der Waals surface area contributed by atoms with Gasteiger partial charge in [-0.15, -0.1) is 0 Å². The summed E-state index contributed by atoms with van der Waals surface area (Å²) in [4.78, 5) is 31.8. The summed E-state index contributed by atoms with van der Waals surface area (Å²) < 4.78 is 6.81. The quantitative estimate of drug-likeness (QED) is 0.605. The van der Waals surface area contributed by atoms with Crippen LogP contribution in [-0.2, 0) is 0 Å². The van der Waals surface area contributed by atoms with Gasteiger partial charge in [0.15, 0.2) is 0 Å². The summed E-state index contributed by atoms with van der Waals surface area (Å²) in [6, 6.07) is 8.35. The van der Waals surface area contributed by atoms with E-state index in [1.54, 1.807) is 34.9 Å². The highest BCUT2D eigenvalue weighted by Crippen LogP contribution is 2.31. The zero-order valence-electron chi connectivity index (χ0n) is 18.6. The molecule has 1 aliphatic rings. The van der Waals surface area contributed by atoms with Crippen molar-refractivity contribution in [3.8, 4) is 5.75 Å². The number of benzene rings is 1. The number of piperidine rings is 1. The Bertz CT molecular complexity index is 1210. The molecule has 0 radical (unpaired) electrons. The van der Waals surface area contributed by atoms with Gasteiger partial charge in [0, 0.05) is 30.9 Å². The minimum absolute atomic E-state index is 0.0675. The van der Waals surface area contributed by atoms with Crippen molar-refractivity contribution in [2.75, 3.05) is 30.4 Å². The number of carboxylic acid groups (broad SMARTS) is 1. The molecule has 4 rings (SSSR count). The maximum Gasteiger partial charge on any atom is 0.341 e. The molecule has 2 aromatic heterocycles. The van der Waals surface area contributed by atoms with Gasteiger partial charge in [0.05, 0.1) is 18.8 Å². The Morgan fingerprint density at radius 3 is 2.66 bits per heavy atom. The zero-order chi connectivity index (χ0) is 22.8. The number of hydrogen-bond donors (Lipinski definition) is 2. The van der Waals surface area contributed by atoms with Crippen molar-refractivity contribution in [3.63, 3.8) is 0 Å². The number of methoxy groups -OCH3 is 1. The Balaban J connectivity index is 1.79. The third-order valence-corrected chi connectivity index (χ3v) is 5.89. The van der Waals surface area contributed by atoms with E-state index >= 15 is 0 Å². The minimum atomic E-state index is -1.08. The molecule has 1 aromatic carbocycles.